The smallest absolute Gasteiger partial charge is 0.409 e. The number of fused-ring (bicyclic) bond motifs is 1. The van der Waals surface area contributed by atoms with Gasteiger partial charge in [-0.25, -0.2) is 4.79 Å². The molecular formula is C18H31N3O3. The first-order valence-electron chi connectivity index (χ1n) is 9.09. The van der Waals surface area contributed by atoms with E-state index in [1.807, 2.05) is 6.92 Å². The third-order valence-electron chi connectivity index (χ3n) is 4.76. The molecule has 0 bridgehead atoms. The van der Waals surface area contributed by atoms with Crippen LogP contribution in [0.25, 0.3) is 0 Å². The third-order valence-corrected chi connectivity index (χ3v) is 4.76. The number of methoxy groups -OCH3 is 1. The number of hydrogen-bond acceptors (Lipinski definition) is 4. The summed E-state index contributed by atoms with van der Waals surface area (Å²) in [5.74, 6) is 0. The quantitative estimate of drug-likeness (QED) is 0.829. The number of ether oxygens (including phenoxy) is 2. The second kappa shape index (κ2) is 9.06. The molecule has 2 aliphatic heterocycles. The van der Waals surface area contributed by atoms with Crippen LogP contribution in [0.4, 0.5) is 4.79 Å². The van der Waals surface area contributed by atoms with Crippen LogP contribution in [0.2, 0.25) is 0 Å². The van der Waals surface area contributed by atoms with Crippen LogP contribution in [0, 0.1) is 6.92 Å². The minimum atomic E-state index is -0.256. The van der Waals surface area contributed by atoms with E-state index in [-0.39, 0.29) is 6.09 Å². The number of carbonyl (C=O) groups excluding carboxylic acids is 1. The number of carbonyl (C=O) groups is 1. The van der Waals surface area contributed by atoms with Crippen LogP contribution in [0.1, 0.15) is 62.5 Å². The molecule has 3 heterocycles. The van der Waals surface area contributed by atoms with Crippen molar-refractivity contribution in [1.82, 2.24) is 14.7 Å². The van der Waals surface area contributed by atoms with Gasteiger partial charge in [-0.1, -0.05) is 26.7 Å². The Balaban J connectivity index is 0.000000471. The van der Waals surface area contributed by atoms with Gasteiger partial charge in [-0.15, -0.1) is 0 Å². The number of hydrogen-bond donors (Lipinski definition) is 0. The molecule has 1 amide bonds. The van der Waals surface area contributed by atoms with E-state index in [4.69, 9.17) is 14.6 Å². The summed E-state index contributed by atoms with van der Waals surface area (Å²) in [5.41, 5.74) is 3.50. The number of amides is 1. The van der Waals surface area contributed by atoms with E-state index in [9.17, 15) is 4.79 Å². The number of aryl methyl sites for hydroxylation is 1. The van der Waals surface area contributed by atoms with Crippen molar-refractivity contribution in [3.05, 3.63) is 17.0 Å². The lowest BCUT2D eigenvalue weighted by molar-refractivity contribution is 0.0648. The SMILES string of the molecule is CCCC.COC(=O)N1CCc2c(c(C)nn2C2CCOCC2)C1. The molecule has 1 aromatic rings. The molecule has 0 spiro atoms. The Kier molecular flexibility index (Phi) is 7.09. The summed E-state index contributed by atoms with van der Waals surface area (Å²) in [6, 6.07) is 0.441. The van der Waals surface area contributed by atoms with Crippen molar-refractivity contribution in [3.8, 4) is 0 Å². The van der Waals surface area contributed by atoms with E-state index < -0.39 is 0 Å². The fourth-order valence-electron chi connectivity index (χ4n) is 3.13. The molecule has 136 valence electrons. The van der Waals surface area contributed by atoms with Gasteiger partial charge >= 0.3 is 6.09 Å². The Hall–Kier alpha value is -1.56. The van der Waals surface area contributed by atoms with Crippen molar-refractivity contribution in [3.63, 3.8) is 0 Å². The van der Waals surface area contributed by atoms with E-state index in [0.29, 0.717) is 19.1 Å². The van der Waals surface area contributed by atoms with E-state index in [1.54, 1.807) is 4.90 Å². The van der Waals surface area contributed by atoms with Crippen LogP contribution in [0.5, 0.6) is 0 Å². The predicted molar refractivity (Wildman–Crippen MR) is 93.2 cm³/mol. The fraction of sp³-hybridized carbons (Fsp3) is 0.778. The molecule has 24 heavy (non-hydrogen) atoms. The van der Waals surface area contributed by atoms with Gasteiger partial charge in [-0.3, -0.25) is 4.68 Å². The van der Waals surface area contributed by atoms with Gasteiger partial charge in [0.15, 0.2) is 0 Å². The summed E-state index contributed by atoms with van der Waals surface area (Å²) < 4.78 is 12.4. The number of nitrogens with zero attached hydrogens (tertiary/aromatic N) is 3. The molecule has 0 radical (unpaired) electrons. The van der Waals surface area contributed by atoms with Crippen molar-refractivity contribution >= 4 is 6.09 Å². The van der Waals surface area contributed by atoms with Crippen LogP contribution >= 0.6 is 0 Å². The maximum Gasteiger partial charge on any atom is 0.409 e. The van der Waals surface area contributed by atoms with Crippen LogP contribution in [-0.4, -0.2) is 47.6 Å². The molecule has 1 fully saturated rings. The third kappa shape index (κ3) is 4.29. The zero-order valence-corrected chi connectivity index (χ0v) is 15.5. The fourth-order valence-corrected chi connectivity index (χ4v) is 3.13. The summed E-state index contributed by atoms with van der Waals surface area (Å²) in [7, 11) is 1.43. The monoisotopic (exact) mass is 337 g/mol. The van der Waals surface area contributed by atoms with E-state index in [1.165, 1.54) is 31.2 Å². The van der Waals surface area contributed by atoms with Crippen molar-refractivity contribution in [1.29, 1.82) is 0 Å². The van der Waals surface area contributed by atoms with Crippen molar-refractivity contribution in [2.45, 2.75) is 65.5 Å². The van der Waals surface area contributed by atoms with Crippen LogP contribution in [0.3, 0.4) is 0 Å². The highest BCUT2D eigenvalue weighted by Gasteiger charge is 2.29. The second-order valence-electron chi connectivity index (χ2n) is 6.44. The number of unbranched alkanes of at least 4 members (excludes halogenated alkanes) is 1. The lowest BCUT2D eigenvalue weighted by atomic mass is 10.0. The average molecular weight is 337 g/mol. The minimum absolute atomic E-state index is 0.256. The number of aromatic nitrogens is 2. The molecule has 0 aliphatic carbocycles. The molecule has 0 aromatic carbocycles. The summed E-state index contributed by atoms with van der Waals surface area (Å²) in [4.78, 5) is 13.4. The molecule has 6 heteroatoms. The predicted octanol–water partition coefficient (Wildman–Crippen LogP) is 3.47. The maximum absolute atomic E-state index is 11.7. The van der Waals surface area contributed by atoms with Gasteiger partial charge in [0.25, 0.3) is 0 Å². The maximum atomic E-state index is 11.7. The normalized spacial score (nSPS) is 17.8. The Bertz CT molecular complexity index is 534. The topological polar surface area (TPSA) is 56.6 Å². The average Bonchev–Trinajstić information content (AvgIpc) is 2.98. The van der Waals surface area contributed by atoms with Gasteiger partial charge in [-0.05, 0) is 19.8 Å². The Morgan fingerprint density at radius 2 is 1.96 bits per heavy atom. The van der Waals surface area contributed by atoms with E-state index in [0.717, 1.165) is 38.2 Å². The minimum Gasteiger partial charge on any atom is -0.453 e. The lowest BCUT2D eigenvalue weighted by Crippen LogP contribution is -2.36. The molecule has 0 N–H and O–H groups in total. The molecule has 1 aromatic heterocycles. The highest BCUT2D eigenvalue weighted by Crippen LogP contribution is 2.29. The Labute approximate surface area is 145 Å². The Morgan fingerprint density at radius 1 is 1.29 bits per heavy atom. The molecule has 0 saturated carbocycles. The summed E-state index contributed by atoms with van der Waals surface area (Å²) in [6.45, 7) is 9.32. The van der Waals surface area contributed by atoms with Crippen molar-refractivity contribution in [2.75, 3.05) is 26.9 Å². The number of rotatable bonds is 2. The van der Waals surface area contributed by atoms with Gasteiger partial charge in [0.05, 0.1) is 25.4 Å². The van der Waals surface area contributed by atoms with E-state index in [2.05, 4.69) is 18.5 Å². The molecule has 2 aliphatic rings. The van der Waals surface area contributed by atoms with Gasteiger partial charge in [0, 0.05) is 37.4 Å². The van der Waals surface area contributed by atoms with Crippen LogP contribution in [-0.2, 0) is 22.4 Å². The van der Waals surface area contributed by atoms with Gasteiger partial charge in [-0.2, -0.15) is 5.10 Å². The zero-order chi connectivity index (χ0) is 17.5. The molecule has 0 atom stereocenters. The molecule has 6 nitrogen and oxygen atoms in total. The van der Waals surface area contributed by atoms with Crippen LogP contribution in [0.15, 0.2) is 0 Å². The first-order valence-corrected chi connectivity index (χ1v) is 9.09. The summed E-state index contributed by atoms with van der Waals surface area (Å²) >= 11 is 0. The molecule has 3 rings (SSSR count). The highest BCUT2D eigenvalue weighted by molar-refractivity contribution is 5.68. The summed E-state index contributed by atoms with van der Waals surface area (Å²) in [6.07, 6.45) is 5.28. The largest absolute Gasteiger partial charge is 0.453 e. The Morgan fingerprint density at radius 3 is 2.54 bits per heavy atom. The van der Waals surface area contributed by atoms with Crippen molar-refractivity contribution < 1.29 is 14.3 Å². The first kappa shape index (κ1) is 18.8. The van der Waals surface area contributed by atoms with E-state index >= 15 is 0 Å². The zero-order valence-electron chi connectivity index (χ0n) is 15.5. The standard InChI is InChI=1S/C14H21N3O3.C4H10/c1-10-12-9-16(14(18)19-2)6-3-13(12)17(15-10)11-4-7-20-8-5-11;1-3-4-2/h11H,3-9H2,1-2H3;3-4H2,1-2H3. The molecule has 0 unspecified atom stereocenters. The van der Waals surface area contributed by atoms with Gasteiger partial charge in [0.2, 0.25) is 0 Å². The molecule has 1 saturated heterocycles. The molecular weight excluding hydrogens is 306 g/mol. The lowest BCUT2D eigenvalue weighted by Gasteiger charge is -2.29. The summed E-state index contributed by atoms with van der Waals surface area (Å²) in [5, 5.41) is 4.72. The highest BCUT2D eigenvalue weighted by atomic mass is 16.5. The van der Waals surface area contributed by atoms with Crippen molar-refractivity contribution in [2.24, 2.45) is 0 Å². The van der Waals surface area contributed by atoms with Crippen LogP contribution < -0.4 is 0 Å². The first-order chi connectivity index (χ1) is 11.6. The van der Waals surface area contributed by atoms with Gasteiger partial charge < -0.3 is 14.4 Å². The van der Waals surface area contributed by atoms with Gasteiger partial charge in [0.1, 0.15) is 0 Å². The second-order valence-corrected chi connectivity index (χ2v) is 6.44.